The molecule has 2 rings (SSSR count). The summed E-state index contributed by atoms with van der Waals surface area (Å²) in [6.07, 6.45) is 0.957. The van der Waals surface area contributed by atoms with E-state index in [1.807, 2.05) is 6.07 Å². The van der Waals surface area contributed by atoms with E-state index < -0.39 is 11.7 Å². The van der Waals surface area contributed by atoms with Gasteiger partial charge < -0.3 is 10.4 Å². The number of phenols is 1. The lowest BCUT2D eigenvalue weighted by Gasteiger charge is -2.15. The maximum atomic E-state index is 13.6. The zero-order chi connectivity index (χ0) is 17.7. The number of anilines is 1. The van der Waals surface area contributed by atoms with Gasteiger partial charge in [0.25, 0.3) is 5.91 Å². The summed E-state index contributed by atoms with van der Waals surface area (Å²) in [4.78, 5) is 12.0. The fraction of sp³-hybridized carbons (Fsp3) is 0.222. The molecule has 6 heteroatoms. The van der Waals surface area contributed by atoms with Gasteiger partial charge in [-0.1, -0.05) is 32.0 Å². The number of benzene rings is 2. The zero-order valence-electron chi connectivity index (χ0n) is 13.5. The van der Waals surface area contributed by atoms with Crippen LogP contribution in [0.2, 0.25) is 0 Å². The molecule has 2 aromatic rings. The zero-order valence-corrected chi connectivity index (χ0v) is 14.3. The fourth-order valence-electron chi connectivity index (χ4n) is 2.17. The average molecular weight is 346 g/mol. The molecule has 2 aromatic carbocycles. The molecule has 0 fully saturated rings. The van der Waals surface area contributed by atoms with Crippen LogP contribution >= 0.6 is 12.2 Å². The molecule has 4 nitrogen and oxygen atoms in total. The second-order valence-electron chi connectivity index (χ2n) is 5.47. The molecule has 3 N–H and O–H groups in total. The predicted octanol–water partition coefficient (Wildman–Crippen LogP) is 4.17. The number of aromatic hydroxyl groups is 1. The van der Waals surface area contributed by atoms with Crippen LogP contribution in [0.5, 0.6) is 5.75 Å². The van der Waals surface area contributed by atoms with Crippen LogP contribution in [0.1, 0.15) is 42.1 Å². The van der Waals surface area contributed by atoms with Crippen LogP contribution in [0.25, 0.3) is 0 Å². The van der Waals surface area contributed by atoms with Gasteiger partial charge in [-0.3, -0.25) is 10.1 Å². The Hall–Kier alpha value is -2.47. The van der Waals surface area contributed by atoms with Crippen LogP contribution < -0.4 is 10.6 Å². The van der Waals surface area contributed by atoms with Gasteiger partial charge >= 0.3 is 0 Å². The number of carbonyl (C=O) groups is 1. The average Bonchev–Trinajstić information content (AvgIpc) is 2.56. The van der Waals surface area contributed by atoms with Crippen molar-refractivity contribution in [3.05, 3.63) is 59.4 Å². The first-order valence-corrected chi connectivity index (χ1v) is 8.03. The van der Waals surface area contributed by atoms with Crippen molar-refractivity contribution in [2.45, 2.75) is 26.2 Å². The Morgan fingerprint density at radius 1 is 1.29 bits per heavy atom. The maximum Gasteiger partial charge on any atom is 0.260 e. The maximum absolute atomic E-state index is 13.6. The number of amides is 1. The van der Waals surface area contributed by atoms with Crippen LogP contribution in [-0.2, 0) is 0 Å². The van der Waals surface area contributed by atoms with Crippen LogP contribution in [0, 0.1) is 5.82 Å². The minimum atomic E-state index is -0.650. The first kappa shape index (κ1) is 17.9. The minimum absolute atomic E-state index is 0.0140. The smallest absolute Gasteiger partial charge is 0.260 e. The highest BCUT2D eigenvalue weighted by atomic mass is 32.1. The van der Waals surface area contributed by atoms with E-state index in [1.165, 1.54) is 18.2 Å². The van der Waals surface area contributed by atoms with Crippen molar-refractivity contribution >= 4 is 28.9 Å². The molecule has 1 amide bonds. The van der Waals surface area contributed by atoms with Crippen molar-refractivity contribution in [2.75, 3.05) is 5.32 Å². The van der Waals surface area contributed by atoms with E-state index in [2.05, 4.69) is 24.5 Å². The quantitative estimate of drug-likeness (QED) is 0.574. The lowest BCUT2D eigenvalue weighted by Crippen LogP contribution is -2.34. The molecule has 0 aliphatic rings. The van der Waals surface area contributed by atoms with Crippen LogP contribution in [0.4, 0.5) is 10.1 Å². The number of halogens is 1. The van der Waals surface area contributed by atoms with Crippen LogP contribution in [0.3, 0.4) is 0 Å². The number of hydrogen-bond acceptors (Lipinski definition) is 3. The first-order valence-electron chi connectivity index (χ1n) is 7.62. The van der Waals surface area contributed by atoms with Crippen molar-refractivity contribution in [3.63, 3.8) is 0 Å². The Labute approximate surface area is 145 Å². The highest BCUT2D eigenvalue weighted by Gasteiger charge is 2.14. The molecule has 0 heterocycles. The van der Waals surface area contributed by atoms with E-state index in [1.54, 1.807) is 18.2 Å². The lowest BCUT2D eigenvalue weighted by molar-refractivity contribution is 0.0974. The third-order valence-corrected chi connectivity index (χ3v) is 4.00. The molecule has 0 radical (unpaired) electrons. The lowest BCUT2D eigenvalue weighted by atomic mass is 9.98. The molecule has 1 atom stereocenters. The molecular formula is C18H19FN2O2S. The molecule has 0 aliphatic heterocycles. The fourth-order valence-corrected chi connectivity index (χ4v) is 2.37. The van der Waals surface area contributed by atoms with Gasteiger partial charge in [0.2, 0.25) is 0 Å². The van der Waals surface area contributed by atoms with E-state index >= 15 is 0 Å². The van der Waals surface area contributed by atoms with Gasteiger partial charge in [0.1, 0.15) is 11.6 Å². The van der Waals surface area contributed by atoms with Gasteiger partial charge in [0.15, 0.2) is 5.11 Å². The number of nitrogens with one attached hydrogen (secondary N) is 2. The molecule has 0 saturated carbocycles. The van der Waals surface area contributed by atoms with Gasteiger partial charge in [-0.15, -0.1) is 0 Å². The highest BCUT2D eigenvalue weighted by Crippen LogP contribution is 2.29. The van der Waals surface area contributed by atoms with Gasteiger partial charge in [-0.25, -0.2) is 4.39 Å². The number of carbonyl (C=O) groups excluding carboxylic acids is 1. The standard InChI is InChI=1S/C18H19FN2O2S/c1-3-11(2)12-8-9-16(22)15(10-12)20-18(24)21-17(23)13-6-4-5-7-14(13)19/h4-11,22H,3H2,1-2H3,(H2,20,21,23,24). The third kappa shape index (κ3) is 4.29. The summed E-state index contributed by atoms with van der Waals surface area (Å²) in [5.74, 6) is -0.931. The van der Waals surface area contributed by atoms with Crippen molar-refractivity contribution in [1.29, 1.82) is 0 Å². The summed E-state index contributed by atoms with van der Waals surface area (Å²) >= 11 is 5.08. The molecule has 0 aliphatic carbocycles. The van der Waals surface area contributed by atoms with Crippen molar-refractivity contribution in [2.24, 2.45) is 0 Å². The number of thiocarbonyl (C=S) groups is 1. The van der Waals surface area contributed by atoms with Crippen molar-refractivity contribution < 1.29 is 14.3 Å². The largest absolute Gasteiger partial charge is 0.506 e. The molecule has 0 spiro atoms. The molecule has 126 valence electrons. The highest BCUT2D eigenvalue weighted by molar-refractivity contribution is 7.80. The second-order valence-corrected chi connectivity index (χ2v) is 5.88. The number of phenolic OH excluding ortho intramolecular Hbond substituents is 1. The molecule has 0 aromatic heterocycles. The van der Waals surface area contributed by atoms with Crippen molar-refractivity contribution in [1.82, 2.24) is 5.32 Å². The molecule has 24 heavy (non-hydrogen) atoms. The summed E-state index contributed by atoms with van der Waals surface area (Å²) < 4.78 is 13.6. The second kappa shape index (κ2) is 7.88. The van der Waals surface area contributed by atoms with Gasteiger partial charge in [-0.2, -0.15) is 0 Å². The Kier molecular flexibility index (Phi) is 5.87. The predicted molar refractivity (Wildman–Crippen MR) is 96.9 cm³/mol. The van der Waals surface area contributed by atoms with Crippen LogP contribution in [0.15, 0.2) is 42.5 Å². The van der Waals surface area contributed by atoms with E-state index in [9.17, 15) is 14.3 Å². The van der Waals surface area contributed by atoms with Gasteiger partial charge in [0.05, 0.1) is 11.3 Å². The van der Waals surface area contributed by atoms with Gasteiger partial charge in [0, 0.05) is 0 Å². The monoisotopic (exact) mass is 346 g/mol. The number of rotatable bonds is 4. The topological polar surface area (TPSA) is 61.4 Å². The SMILES string of the molecule is CCC(C)c1ccc(O)c(NC(=S)NC(=O)c2ccccc2F)c1. The summed E-state index contributed by atoms with van der Waals surface area (Å²) in [5, 5.41) is 15.1. The summed E-state index contributed by atoms with van der Waals surface area (Å²) in [6.45, 7) is 4.15. The Balaban J connectivity index is 2.10. The molecule has 0 saturated heterocycles. The van der Waals surface area contributed by atoms with Gasteiger partial charge in [-0.05, 0) is 54.4 Å². The first-order chi connectivity index (χ1) is 11.4. The third-order valence-electron chi connectivity index (χ3n) is 3.80. The summed E-state index contributed by atoms with van der Waals surface area (Å²) in [6, 6.07) is 10.8. The Morgan fingerprint density at radius 2 is 2.00 bits per heavy atom. The van der Waals surface area contributed by atoms with E-state index in [0.29, 0.717) is 11.6 Å². The summed E-state index contributed by atoms with van der Waals surface area (Å²) in [5.41, 5.74) is 1.34. The van der Waals surface area contributed by atoms with E-state index in [4.69, 9.17) is 12.2 Å². The van der Waals surface area contributed by atoms with E-state index in [-0.39, 0.29) is 16.4 Å². The Bertz CT molecular complexity index is 764. The van der Waals surface area contributed by atoms with E-state index in [0.717, 1.165) is 12.0 Å². The normalized spacial score (nSPS) is 11.6. The van der Waals surface area contributed by atoms with Crippen molar-refractivity contribution in [3.8, 4) is 5.75 Å². The summed E-state index contributed by atoms with van der Waals surface area (Å²) in [7, 11) is 0. The molecular weight excluding hydrogens is 327 g/mol. The number of hydrogen-bond donors (Lipinski definition) is 3. The Morgan fingerprint density at radius 3 is 2.67 bits per heavy atom. The molecule has 1 unspecified atom stereocenters. The van der Waals surface area contributed by atoms with Crippen LogP contribution in [-0.4, -0.2) is 16.1 Å². The minimum Gasteiger partial charge on any atom is -0.506 e. The molecule has 0 bridgehead atoms.